The summed E-state index contributed by atoms with van der Waals surface area (Å²) in [6.07, 6.45) is 12.6. The third kappa shape index (κ3) is 9.05. The molecule has 1 aliphatic carbocycles. The largest absolute Gasteiger partial charge is 0.481 e. The highest BCUT2D eigenvalue weighted by Gasteiger charge is 2.38. The number of unbranched alkanes of at least 4 members (excludes halogenated alkanes) is 5. The summed E-state index contributed by atoms with van der Waals surface area (Å²) in [4.78, 5) is 23.9. The van der Waals surface area contributed by atoms with Crippen molar-refractivity contribution in [1.82, 2.24) is 0 Å². The summed E-state index contributed by atoms with van der Waals surface area (Å²) in [5.74, 6) is -1.41. The van der Waals surface area contributed by atoms with Crippen molar-refractivity contribution in [2.24, 2.45) is 17.8 Å². The molecule has 2 atom stereocenters. The molecular weight excluding hydrogens is 328 g/mol. The van der Waals surface area contributed by atoms with Crippen LogP contribution in [0.3, 0.4) is 0 Å². The molecule has 0 aromatic heterocycles. The van der Waals surface area contributed by atoms with Gasteiger partial charge in [0.2, 0.25) is 0 Å². The van der Waals surface area contributed by atoms with Crippen LogP contribution in [0.2, 0.25) is 0 Å². The van der Waals surface area contributed by atoms with Gasteiger partial charge in [0.25, 0.3) is 0 Å². The molecule has 152 valence electrons. The number of esters is 1. The molecule has 0 spiro atoms. The molecule has 1 N–H and O–H groups in total. The van der Waals surface area contributed by atoms with Gasteiger partial charge in [-0.3, -0.25) is 9.59 Å². The van der Waals surface area contributed by atoms with Crippen LogP contribution in [0.25, 0.3) is 0 Å². The van der Waals surface area contributed by atoms with E-state index in [4.69, 9.17) is 4.74 Å². The van der Waals surface area contributed by atoms with Gasteiger partial charge < -0.3 is 9.84 Å². The molecular formula is C22H40O4. The van der Waals surface area contributed by atoms with Crippen LogP contribution in [0.1, 0.15) is 105 Å². The molecule has 0 aromatic carbocycles. The fraction of sp³-hybridized carbons (Fsp3) is 0.909. The first-order valence-electron chi connectivity index (χ1n) is 10.7. The molecule has 0 amide bonds. The van der Waals surface area contributed by atoms with Gasteiger partial charge in [-0.15, -0.1) is 0 Å². The number of carboxylic acid groups (broad SMARTS) is 1. The van der Waals surface area contributed by atoms with Gasteiger partial charge in [0.15, 0.2) is 0 Å². The minimum Gasteiger partial charge on any atom is -0.481 e. The van der Waals surface area contributed by atoms with Crippen molar-refractivity contribution in [1.29, 1.82) is 0 Å². The zero-order valence-electron chi connectivity index (χ0n) is 17.4. The average Bonchev–Trinajstić information content (AvgIpc) is 2.56. The Morgan fingerprint density at radius 1 is 0.962 bits per heavy atom. The second kappa shape index (κ2) is 11.6. The molecule has 0 radical (unpaired) electrons. The number of carboxylic acids is 1. The monoisotopic (exact) mass is 368 g/mol. The summed E-state index contributed by atoms with van der Waals surface area (Å²) >= 11 is 0. The second-order valence-corrected chi connectivity index (χ2v) is 9.07. The molecule has 1 rings (SSSR count). The topological polar surface area (TPSA) is 63.6 Å². The maximum absolute atomic E-state index is 12.5. The van der Waals surface area contributed by atoms with E-state index in [0.717, 1.165) is 31.6 Å². The Morgan fingerprint density at radius 2 is 1.50 bits per heavy atom. The Hall–Kier alpha value is -1.06. The predicted molar refractivity (Wildman–Crippen MR) is 105 cm³/mol. The molecule has 4 heteroatoms. The second-order valence-electron chi connectivity index (χ2n) is 9.07. The number of carbonyl (C=O) groups excluding carboxylic acids is 1. The fourth-order valence-corrected chi connectivity index (χ4v) is 3.92. The van der Waals surface area contributed by atoms with Crippen LogP contribution in [0.15, 0.2) is 0 Å². The first-order chi connectivity index (χ1) is 12.2. The molecule has 26 heavy (non-hydrogen) atoms. The van der Waals surface area contributed by atoms with E-state index >= 15 is 0 Å². The molecule has 0 saturated heterocycles. The lowest BCUT2D eigenvalue weighted by molar-refractivity contribution is -0.170. The normalized spacial score (nSPS) is 21.0. The van der Waals surface area contributed by atoms with Crippen LogP contribution in [-0.2, 0) is 14.3 Å². The highest BCUT2D eigenvalue weighted by Crippen LogP contribution is 2.33. The molecule has 1 fully saturated rings. The van der Waals surface area contributed by atoms with Crippen molar-refractivity contribution < 1.29 is 19.4 Å². The lowest BCUT2D eigenvalue weighted by atomic mass is 9.79. The van der Waals surface area contributed by atoms with E-state index in [2.05, 4.69) is 13.8 Å². The predicted octanol–water partition coefficient (Wildman–Crippen LogP) is 5.98. The molecule has 0 aromatic rings. The Balaban J connectivity index is 2.25. The lowest BCUT2D eigenvalue weighted by Gasteiger charge is -2.32. The van der Waals surface area contributed by atoms with Crippen molar-refractivity contribution in [3.63, 3.8) is 0 Å². The molecule has 0 heterocycles. The molecule has 0 aliphatic heterocycles. The maximum Gasteiger partial charge on any atom is 0.310 e. The summed E-state index contributed by atoms with van der Waals surface area (Å²) in [6.45, 7) is 8.45. The highest BCUT2D eigenvalue weighted by molar-refractivity contribution is 5.81. The Labute approximate surface area is 160 Å². The average molecular weight is 369 g/mol. The number of ether oxygens (including phenoxy) is 1. The van der Waals surface area contributed by atoms with E-state index in [9.17, 15) is 14.7 Å². The van der Waals surface area contributed by atoms with Gasteiger partial charge in [-0.1, -0.05) is 65.2 Å². The van der Waals surface area contributed by atoms with Gasteiger partial charge in [-0.2, -0.15) is 0 Å². The van der Waals surface area contributed by atoms with Crippen LogP contribution in [0.4, 0.5) is 0 Å². The van der Waals surface area contributed by atoms with Crippen LogP contribution in [-0.4, -0.2) is 22.6 Å². The number of hydrogen-bond acceptors (Lipinski definition) is 3. The zero-order chi connectivity index (χ0) is 19.6. The molecule has 4 nitrogen and oxygen atoms in total. The third-order valence-electron chi connectivity index (χ3n) is 5.57. The number of aliphatic carboxylic acids is 1. The van der Waals surface area contributed by atoms with E-state index in [1.807, 2.05) is 13.8 Å². The van der Waals surface area contributed by atoms with E-state index in [1.165, 1.54) is 38.5 Å². The van der Waals surface area contributed by atoms with Gasteiger partial charge in [-0.05, 0) is 45.4 Å². The third-order valence-corrected chi connectivity index (χ3v) is 5.57. The molecule has 1 saturated carbocycles. The standard InChI is InChI=1S/C22H40O4/c1-17(2)13-9-7-5-6-8-12-16-22(3,4)26-21(25)19-15-11-10-14-18(19)20(23)24/h17-19H,5-16H2,1-4H3,(H,23,24). The fourth-order valence-electron chi connectivity index (χ4n) is 3.92. The maximum atomic E-state index is 12.5. The van der Waals surface area contributed by atoms with Crippen molar-refractivity contribution in [2.45, 2.75) is 110 Å². The van der Waals surface area contributed by atoms with Crippen LogP contribution in [0, 0.1) is 17.8 Å². The van der Waals surface area contributed by atoms with Crippen molar-refractivity contribution in [3.05, 3.63) is 0 Å². The van der Waals surface area contributed by atoms with Gasteiger partial charge in [0, 0.05) is 0 Å². The molecule has 2 unspecified atom stereocenters. The van der Waals surface area contributed by atoms with Crippen LogP contribution >= 0.6 is 0 Å². The van der Waals surface area contributed by atoms with Crippen molar-refractivity contribution >= 4 is 11.9 Å². The SMILES string of the molecule is CC(C)CCCCCCCCC(C)(C)OC(=O)C1CCCCC1C(=O)O. The van der Waals surface area contributed by atoms with E-state index in [-0.39, 0.29) is 5.97 Å². The van der Waals surface area contributed by atoms with Gasteiger partial charge in [0.1, 0.15) is 5.60 Å². The summed E-state index contributed by atoms with van der Waals surface area (Å²) in [5, 5.41) is 9.34. The van der Waals surface area contributed by atoms with E-state index in [1.54, 1.807) is 0 Å². The summed E-state index contributed by atoms with van der Waals surface area (Å²) < 4.78 is 5.73. The first-order valence-corrected chi connectivity index (χ1v) is 10.7. The highest BCUT2D eigenvalue weighted by atomic mass is 16.6. The molecule has 1 aliphatic rings. The van der Waals surface area contributed by atoms with Gasteiger partial charge >= 0.3 is 11.9 Å². The Bertz CT molecular complexity index is 428. The van der Waals surface area contributed by atoms with Crippen LogP contribution in [0.5, 0.6) is 0 Å². The smallest absolute Gasteiger partial charge is 0.310 e. The number of hydrogen-bond donors (Lipinski definition) is 1. The first kappa shape index (κ1) is 23.0. The van der Waals surface area contributed by atoms with Crippen molar-refractivity contribution in [2.75, 3.05) is 0 Å². The number of rotatable bonds is 12. The Morgan fingerprint density at radius 3 is 2.08 bits per heavy atom. The minimum atomic E-state index is -0.859. The van der Waals surface area contributed by atoms with E-state index < -0.39 is 23.4 Å². The summed E-state index contributed by atoms with van der Waals surface area (Å²) in [6, 6.07) is 0. The summed E-state index contributed by atoms with van der Waals surface area (Å²) in [7, 11) is 0. The Kier molecular flexibility index (Phi) is 10.3. The van der Waals surface area contributed by atoms with Crippen molar-refractivity contribution in [3.8, 4) is 0 Å². The quantitative estimate of drug-likeness (QED) is 0.340. The number of carbonyl (C=O) groups is 2. The molecule has 0 bridgehead atoms. The zero-order valence-corrected chi connectivity index (χ0v) is 17.4. The van der Waals surface area contributed by atoms with E-state index in [0.29, 0.717) is 12.8 Å². The van der Waals surface area contributed by atoms with Gasteiger partial charge in [-0.25, -0.2) is 0 Å². The lowest BCUT2D eigenvalue weighted by Crippen LogP contribution is -2.38. The summed E-state index contributed by atoms with van der Waals surface area (Å²) in [5.41, 5.74) is -0.505. The minimum absolute atomic E-state index is 0.309. The van der Waals surface area contributed by atoms with Gasteiger partial charge in [0.05, 0.1) is 11.8 Å². The van der Waals surface area contributed by atoms with Crippen LogP contribution < -0.4 is 0 Å².